The quantitative estimate of drug-likeness (QED) is 0.586. The fourth-order valence-electron chi connectivity index (χ4n) is 1.84. The normalized spacial score (nSPS) is 13.8. The van der Waals surface area contributed by atoms with Crippen LogP contribution in [-0.2, 0) is 0 Å². The Morgan fingerprint density at radius 1 is 1.31 bits per heavy atom. The predicted octanol–water partition coefficient (Wildman–Crippen LogP) is 3.83. The average Bonchev–Trinajstić information content (AvgIpc) is 2.24. The summed E-state index contributed by atoms with van der Waals surface area (Å²) >= 11 is 0. The van der Waals surface area contributed by atoms with E-state index in [1.165, 1.54) is 19.3 Å². The van der Waals surface area contributed by atoms with E-state index in [1.807, 2.05) is 13.8 Å². The monoisotopic (exact) mass is 224 g/mol. The van der Waals surface area contributed by atoms with E-state index in [2.05, 4.69) is 31.9 Å². The van der Waals surface area contributed by atoms with E-state index < -0.39 is 0 Å². The lowest BCUT2D eigenvalue weighted by Gasteiger charge is -2.24. The van der Waals surface area contributed by atoms with Crippen molar-refractivity contribution in [3.63, 3.8) is 0 Å². The van der Waals surface area contributed by atoms with Gasteiger partial charge in [0, 0.05) is 6.04 Å². The van der Waals surface area contributed by atoms with Gasteiger partial charge < -0.3 is 4.90 Å². The topological polar surface area (TPSA) is 27.0 Å². The van der Waals surface area contributed by atoms with Crippen LogP contribution in [0.5, 0.6) is 0 Å². The molecule has 0 heterocycles. The highest BCUT2D eigenvalue weighted by atomic mass is 15.1. The predicted molar refractivity (Wildman–Crippen MR) is 70.2 cm³/mol. The lowest BCUT2D eigenvalue weighted by molar-refractivity contribution is 0.236. The van der Waals surface area contributed by atoms with E-state index in [9.17, 15) is 0 Å². The first-order valence-electron chi connectivity index (χ1n) is 6.54. The molecule has 0 spiro atoms. The van der Waals surface area contributed by atoms with Crippen LogP contribution in [0.25, 0.3) is 0 Å². The molecule has 0 aliphatic carbocycles. The molecule has 0 saturated carbocycles. The zero-order chi connectivity index (χ0) is 12.6. The molecule has 0 bridgehead atoms. The molecule has 0 fully saturated rings. The van der Waals surface area contributed by atoms with Gasteiger partial charge >= 0.3 is 0 Å². The van der Waals surface area contributed by atoms with E-state index in [4.69, 9.17) is 5.26 Å². The third-order valence-corrected chi connectivity index (χ3v) is 3.32. The second kappa shape index (κ2) is 7.68. The van der Waals surface area contributed by atoms with Crippen LogP contribution in [0.4, 0.5) is 0 Å². The summed E-state index contributed by atoms with van der Waals surface area (Å²) in [6.07, 6.45) is 5.91. The molecule has 16 heavy (non-hydrogen) atoms. The third-order valence-electron chi connectivity index (χ3n) is 3.32. The first-order valence-corrected chi connectivity index (χ1v) is 6.54. The number of nitriles is 1. The van der Waals surface area contributed by atoms with E-state index in [1.54, 1.807) is 0 Å². The summed E-state index contributed by atoms with van der Waals surface area (Å²) in [5.74, 6) is 0. The summed E-state index contributed by atoms with van der Waals surface area (Å²) in [5.41, 5.74) is -0.145. The number of nitrogens with zero attached hydrogens (tertiary/aromatic N) is 2. The molecule has 0 rings (SSSR count). The SMILES string of the molecule is CCCC(C)N(C)CCCCC(C)(C)C#N. The second-order valence-corrected chi connectivity index (χ2v) is 5.57. The van der Waals surface area contributed by atoms with Crippen molar-refractivity contribution in [3.05, 3.63) is 0 Å². The number of unbranched alkanes of at least 4 members (excludes halogenated alkanes) is 1. The molecule has 2 nitrogen and oxygen atoms in total. The van der Waals surface area contributed by atoms with Crippen molar-refractivity contribution in [2.45, 2.75) is 65.8 Å². The van der Waals surface area contributed by atoms with Crippen LogP contribution < -0.4 is 0 Å². The Morgan fingerprint density at radius 2 is 1.94 bits per heavy atom. The van der Waals surface area contributed by atoms with Crippen molar-refractivity contribution in [2.75, 3.05) is 13.6 Å². The molecular formula is C14H28N2. The second-order valence-electron chi connectivity index (χ2n) is 5.57. The molecular weight excluding hydrogens is 196 g/mol. The summed E-state index contributed by atoms with van der Waals surface area (Å²) in [5, 5.41) is 8.90. The largest absolute Gasteiger partial charge is 0.304 e. The first-order chi connectivity index (χ1) is 7.43. The molecule has 0 saturated heterocycles. The Morgan fingerprint density at radius 3 is 2.44 bits per heavy atom. The molecule has 1 unspecified atom stereocenters. The van der Waals surface area contributed by atoms with Crippen LogP contribution >= 0.6 is 0 Å². The van der Waals surface area contributed by atoms with E-state index in [0.717, 1.165) is 19.4 Å². The van der Waals surface area contributed by atoms with Crippen molar-refractivity contribution in [1.29, 1.82) is 5.26 Å². The van der Waals surface area contributed by atoms with Crippen LogP contribution in [0.3, 0.4) is 0 Å². The zero-order valence-electron chi connectivity index (χ0n) is 11.7. The van der Waals surface area contributed by atoms with Gasteiger partial charge in [-0.2, -0.15) is 5.26 Å². The summed E-state index contributed by atoms with van der Waals surface area (Å²) < 4.78 is 0. The maximum atomic E-state index is 8.90. The van der Waals surface area contributed by atoms with Gasteiger partial charge in [-0.25, -0.2) is 0 Å². The molecule has 94 valence electrons. The molecule has 0 aliphatic rings. The molecule has 0 aliphatic heterocycles. The molecule has 2 heteroatoms. The highest BCUT2D eigenvalue weighted by Crippen LogP contribution is 2.21. The number of hydrogen-bond acceptors (Lipinski definition) is 2. The van der Waals surface area contributed by atoms with Gasteiger partial charge in [0.1, 0.15) is 0 Å². The molecule has 1 atom stereocenters. The van der Waals surface area contributed by atoms with E-state index in [0.29, 0.717) is 6.04 Å². The van der Waals surface area contributed by atoms with Gasteiger partial charge in [-0.3, -0.25) is 0 Å². The summed E-state index contributed by atoms with van der Waals surface area (Å²) in [4.78, 5) is 2.43. The van der Waals surface area contributed by atoms with Crippen molar-refractivity contribution >= 4 is 0 Å². The standard InChI is InChI=1S/C14H28N2/c1-6-9-13(2)16(5)11-8-7-10-14(3,4)12-15/h13H,6-11H2,1-5H3. The van der Waals surface area contributed by atoms with Gasteiger partial charge in [0.25, 0.3) is 0 Å². The fraction of sp³-hybridized carbons (Fsp3) is 0.929. The van der Waals surface area contributed by atoms with Crippen molar-refractivity contribution in [3.8, 4) is 6.07 Å². The summed E-state index contributed by atoms with van der Waals surface area (Å²) in [6, 6.07) is 3.05. The minimum Gasteiger partial charge on any atom is -0.304 e. The van der Waals surface area contributed by atoms with Crippen LogP contribution in [-0.4, -0.2) is 24.5 Å². The van der Waals surface area contributed by atoms with Gasteiger partial charge in [0.05, 0.1) is 11.5 Å². The van der Waals surface area contributed by atoms with Gasteiger partial charge in [-0.15, -0.1) is 0 Å². The van der Waals surface area contributed by atoms with Crippen LogP contribution in [0.15, 0.2) is 0 Å². The highest BCUT2D eigenvalue weighted by molar-refractivity contribution is 4.91. The Balaban J connectivity index is 3.63. The first kappa shape index (κ1) is 15.4. The number of hydrogen-bond donors (Lipinski definition) is 0. The number of rotatable bonds is 8. The molecule has 0 aromatic heterocycles. The van der Waals surface area contributed by atoms with Gasteiger partial charge in [-0.05, 0) is 53.6 Å². The molecule has 0 N–H and O–H groups in total. The van der Waals surface area contributed by atoms with Crippen molar-refractivity contribution < 1.29 is 0 Å². The molecule has 0 aromatic rings. The van der Waals surface area contributed by atoms with E-state index >= 15 is 0 Å². The Hall–Kier alpha value is -0.550. The fourth-order valence-corrected chi connectivity index (χ4v) is 1.84. The van der Waals surface area contributed by atoms with Crippen molar-refractivity contribution in [2.24, 2.45) is 5.41 Å². The molecule has 0 radical (unpaired) electrons. The Bertz CT molecular complexity index is 215. The van der Waals surface area contributed by atoms with Crippen LogP contribution in [0, 0.1) is 16.7 Å². The molecule has 0 amide bonds. The average molecular weight is 224 g/mol. The minimum atomic E-state index is -0.145. The minimum absolute atomic E-state index is 0.145. The van der Waals surface area contributed by atoms with Gasteiger partial charge in [0.15, 0.2) is 0 Å². The van der Waals surface area contributed by atoms with Crippen LogP contribution in [0.2, 0.25) is 0 Å². The molecule has 0 aromatic carbocycles. The van der Waals surface area contributed by atoms with E-state index in [-0.39, 0.29) is 5.41 Å². The summed E-state index contributed by atoms with van der Waals surface area (Å²) in [7, 11) is 2.20. The third kappa shape index (κ3) is 6.85. The maximum absolute atomic E-state index is 8.90. The van der Waals surface area contributed by atoms with Crippen LogP contribution in [0.1, 0.15) is 59.8 Å². The highest BCUT2D eigenvalue weighted by Gasteiger charge is 2.16. The summed E-state index contributed by atoms with van der Waals surface area (Å²) in [6.45, 7) is 9.73. The van der Waals surface area contributed by atoms with Gasteiger partial charge in [0.2, 0.25) is 0 Å². The Labute approximate surface area is 102 Å². The van der Waals surface area contributed by atoms with Crippen molar-refractivity contribution in [1.82, 2.24) is 4.90 Å². The zero-order valence-corrected chi connectivity index (χ0v) is 11.7. The lowest BCUT2D eigenvalue weighted by atomic mass is 9.89. The van der Waals surface area contributed by atoms with Gasteiger partial charge in [-0.1, -0.05) is 19.8 Å². The lowest BCUT2D eigenvalue weighted by Crippen LogP contribution is -2.29. The smallest absolute Gasteiger partial charge is 0.0683 e. The maximum Gasteiger partial charge on any atom is 0.0683 e. The Kier molecular flexibility index (Phi) is 7.42.